The van der Waals surface area contributed by atoms with E-state index in [0.29, 0.717) is 28.2 Å². The van der Waals surface area contributed by atoms with Gasteiger partial charge in [0.2, 0.25) is 12.5 Å². The summed E-state index contributed by atoms with van der Waals surface area (Å²) in [5.74, 6) is -1.02. The van der Waals surface area contributed by atoms with Gasteiger partial charge in [0.1, 0.15) is 24.4 Å². The average molecular weight is 589 g/mol. The number of methoxy groups -OCH3 is 2. The lowest BCUT2D eigenvalue weighted by atomic mass is 9.66. The van der Waals surface area contributed by atoms with Crippen molar-refractivity contribution in [2.24, 2.45) is 11.8 Å². The second-order valence-corrected chi connectivity index (χ2v) is 11.0. The molecule has 226 valence electrons. The predicted molar refractivity (Wildman–Crippen MR) is 138 cm³/mol. The molecule has 42 heavy (non-hydrogen) atoms. The summed E-state index contributed by atoms with van der Waals surface area (Å²) in [4.78, 5) is 13.4. The van der Waals surface area contributed by atoms with E-state index in [-0.39, 0.29) is 37.3 Å². The van der Waals surface area contributed by atoms with Gasteiger partial charge in [-0.05, 0) is 47.9 Å². The third-order valence-corrected chi connectivity index (χ3v) is 8.75. The summed E-state index contributed by atoms with van der Waals surface area (Å²) in [6.07, 6.45) is -6.80. The van der Waals surface area contributed by atoms with Crippen molar-refractivity contribution in [1.82, 2.24) is 0 Å². The number of ether oxygens (including phenoxy) is 9. The Balaban J connectivity index is 1.32. The van der Waals surface area contributed by atoms with Gasteiger partial charge in [-0.2, -0.15) is 0 Å². The zero-order valence-corrected chi connectivity index (χ0v) is 23.1. The van der Waals surface area contributed by atoms with E-state index >= 15 is 0 Å². The Hall–Kier alpha value is -3.33. The second-order valence-electron chi connectivity index (χ2n) is 11.0. The van der Waals surface area contributed by atoms with Gasteiger partial charge in [-0.25, -0.2) is 0 Å². The van der Waals surface area contributed by atoms with Gasteiger partial charge in [0, 0.05) is 11.8 Å². The molecular formula is C29H32O13. The van der Waals surface area contributed by atoms with E-state index in [2.05, 4.69) is 0 Å². The Morgan fingerprint density at radius 1 is 0.881 bits per heavy atom. The molecule has 10 atom stereocenters. The number of aliphatic hydroxyl groups is 2. The molecule has 3 fully saturated rings. The summed E-state index contributed by atoms with van der Waals surface area (Å²) in [7, 11) is 2.86. The van der Waals surface area contributed by atoms with Gasteiger partial charge in [0.15, 0.2) is 35.6 Å². The minimum atomic E-state index is -1.44. The predicted octanol–water partition coefficient (Wildman–Crippen LogP) is 1.34. The molecule has 7 rings (SSSR count). The number of benzene rings is 2. The van der Waals surface area contributed by atoms with Crippen LogP contribution in [-0.4, -0.2) is 92.5 Å². The number of phenols is 1. The molecular weight excluding hydrogens is 556 g/mol. The molecule has 2 aromatic carbocycles. The Labute approximate surface area is 240 Å². The molecule has 4 aliphatic heterocycles. The van der Waals surface area contributed by atoms with Crippen molar-refractivity contribution >= 4 is 5.97 Å². The fourth-order valence-electron chi connectivity index (χ4n) is 6.74. The van der Waals surface area contributed by atoms with Gasteiger partial charge in [0.25, 0.3) is 0 Å². The molecule has 0 saturated carbocycles. The maximum absolute atomic E-state index is 13.4. The van der Waals surface area contributed by atoms with Crippen LogP contribution in [0, 0.1) is 11.8 Å². The molecule has 0 spiro atoms. The number of fused-ring (bicyclic) bond motifs is 4. The molecule has 4 heterocycles. The number of hydrogen-bond donors (Lipinski definition) is 3. The van der Waals surface area contributed by atoms with Crippen LogP contribution >= 0.6 is 0 Å². The zero-order valence-electron chi connectivity index (χ0n) is 23.1. The quantitative estimate of drug-likeness (QED) is 0.430. The lowest BCUT2D eigenvalue weighted by Crippen LogP contribution is -2.63. The first-order chi connectivity index (χ1) is 20.3. The smallest absolute Gasteiger partial charge is 0.310 e. The van der Waals surface area contributed by atoms with Crippen LogP contribution in [0.2, 0.25) is 0 Å². The Morgan fingerprint density at radius 2 is 1.57 bits per heavy atom. The third kappa shape index (κ3) is 4.26. The SMILES string of the molecule is COc1cc([C@@H]2c3cc4c(cc3C(O[C@@H]3OC5CO[C@@H](C)OC5[C@H](O)[C@H]3O)C3COC(=O)C32)OCO4)cc(OC)c1O. The van der Waals surface area contributed by atoms with E-state index in [9.17, 15) is 20.1 Å². The molecule has 3 N–H and O–H groups in total. The Kier molecular flexibility index (Phi) is 6.83. The molecule has 0 aromatic heterocycles. The standard InChI is InChI=1S/C29H32O13/c1-11-36-9-20-27(40-11)24(31)25(32)29(41-20)42-26-14-7-17-16(38-10-39-17)6-13(14)21(22-15(26)8-37-28(22)33)12-4-18(34-2)23(30)19(5-12)35-3/h4-7,11,15,20-22,24-27,29-32H,8-10H2,1-3H3/t11-,15?,20?,21-,22?,24-,25-,26?,27?,29+/m1/s1. The van der Waals surface area contributed by atoms with Crippen LogP contribution in [0.15, 0.2) is 24.3 Å². The molecule has 3 saturated heterocycles. The van der Waals surface area contributed by atoms with Gasteiger partial charge in [-0.3, -0.25) is 4.79 Å². The number of esters is 1. The van der Waals surface area contributed by atoms with Crippen molar-refractivity contribution in [2.75, 3.05) is 34.2 Å². The molecule has 0 amide bonds. The first kappa shape index (κ1) is 27.5. The maximum Gasteiger partial charge on any atom is 0.310 e. The molecule has 2 aromatic rings. The number of carbonyl (C=O) groups is 1. The summed E-state index contributed by atoms with van der Waals surface area (Å²) < 4.78 is 51.5. The van der Waals surface area contributed by atoms with E-state index in [1.54, 1.807) is 31.2 Å². The van der Waals surface area contributed by atoms with Gasteiger partial charge < -0.3 is 58.0 Å². The van der Waals surface area contributed by atoms with Crippen LogP contribution < -0.4 is 18.9 Å². The maximum atomic E-state index is 13.4. The number of aromatic hydroxyl groups is 1. The molecule has 0 bridgehead atoms. The number of aliphatic hydroxyl groups excluding tert-OH is 2. The molecule has 0 radical (unpaired) electrons. The molecule has 13 nitrogen and oxygen atoms in total. The number of hydrogen-bond acceptors (Lipinski definition) is 13. The number of rotatable bonds is 5. The van der Waals surface area contributed by atoms with E-state index in [1.807, 2.05) is 0 Å². The highest BCUT2D eigenvalue weighted by atomic mass is 16.8. The first-order valence-electron chi connectivity index (χ1n) is 13.8. The highest BCUT2D eigenvalue weighted by molar-refractivity contribution is 5.79. The summed E-state index contributed by atoms with van der Waals surface area (Å²) in [6.45, 7) is 1.93. The monoisotopic (exact) mass is 588 g/mol. The lowest BCUT2D eigenvalue weighted by molar-refractivity contribution is -0.364. The number of phenolic OH excluding ortho intramolecular Hbond substituents is 1. The Bertz CT molecular complexity index is 1350. The van der Waals surface area contributed by atoms with Crippen LogP contribution in [0.1, 0.15) is 35.6 Å². The highest BCUT2D eigenvalue weighted by Crippen LogP contribution is 2.57. The first-order valence-corrected chi connectivity index (χ1v) is 13.8. The van der Waals surface area contributed by atoms with Crippen molar-refractivity contribution in [1.29, 1.82) is 0 Å². The highest BCUT2D eigenvalue weighted by Gasteiger charge is 2.56. The fourth-order valence-corrected chi connectivity index (χ4v) is 6.74. The molecule has 1 aliphatic carbocycles. The largest absolute Gasteiger partial charge is 0.502 e. The normalized spacial score (nSPS) is 36.5. The Morgan fingerprint density at radius 3 is 2.26 bits per heavy atom. The second kappa shape index (κ2) is 10.4. The summed E-state index contributed by atoms with van der Waals surface area (Å²) in [6, 6.07) is 6.93. The minimum Gasteiger partial charge on any atom is -0.502 e. The van der Waals surface area contributed by atoms with Crippen molar-refractivity contribution in [3.63, 3.8) is 0 Å². The van der Waals surface area contributed by atoms with Gasteiger partial charge >= 0.3 is 5.97 Å². The van der Waals surface area contributed by atoms with Crippen LogP contribution in [0.5, 0.6) is 28.7 Å². The summed E-state index contributed by atoms with van der Waals surface area (Å²) in [5, 5.41) is 32.5. The molecule has 5 unspecified atom stereocenters. The van der Waals surface area contributed by atoms with Gasteiger partial charge in [-0.1, -0.05) is 0 Å². The average Bonchev–Trinajstić information content (AvgIpc) is 3.61. The molecule has 13 heteroatoms. The van der Waals surface area contributed by atoms with E-state index in [0.717, 1.165) is 0 Å². The summed E-state index contributed by atoms with van der Waals surface area (Å²) in [5.41, 5.74) is 2.01. The van der Waals surface area contributed by atoms with E-state index in [1.165, 1.54) is 14.2 Å². The van der Waals surface area contributed by atoms with Gasteiger partial charge in [-0.15, -0.1) is 0 Å². The zero-order chi connectivity index (χ0) is 29.3. The minimum absolute atomic E-state index is 0.0301. The van der Waals surface area contributed by atoms with Crippen LogP contribution in [0.25, 0.3) is 0 Å². The van der Waals surface area contributed by atoms with Crippen molar-refractivity contribution < 1.29 is 62.7 Å². The topological polar surface area (TPSA) is 161 Å². The van der Waals surface area contributed by atoms with E-state index < -0.39 is 66.8 Å². The van der Waals surface area contributed by atoms with E-state index in [4.69, 9.17) is 42.6 Å². The van der Waals surface area contributed by atoms with Crippen LogP contribution in [0.3, 0.4) is 0 Å². The fraction of sp³-hybridized carbons (Fsp3) is 0.552. The van der Waals surface area contributed by atoms with Crippen molar-refractivity contribution in [3.05, 3.63) is 41.0 Å². The number of cyclic esters (lactones) is 1. The third-order valence-electron chi connectivity index (χ3n) is 8.75. The lowest BCUT2D eigenvalue weighted by Gasteiger charge is -2.47. The number of carbonyl (C=O) groups excluding carboxylic acids is 1. The van der Waals surface area contributed by atoms with Crippen molar-refractivity contribution in [3.8, 4) is 28.7 Å². The van der Waals surface area contributed by atoms with Crippen LogP contribution in [0.4, 0.5) is 0 Å². The van der Waals surface area contributed by atoms with Crippen LogP contribution in [-0.2, 0) is 28.5 Å². The summed E-state index contributed by atoms with van der Waals surface area (Å²) >= 11 is 0. The van der Waals surface area contributed by atoms with Gasteiger partial charge in [0.05, 0.1) is 39.5 Å². The molecule has 5 aliphatic rings. The van der Waals surface area contributed by atoms with Crippen molar-refractivity contribution in [2.45, 2.75) is 55.9 Å².